The quantitative estimate of drug-likeness (QED) is 0.650. The van der Waals surface area contributed by atoms with Crippen LogP contribution in [0.15, 0.2) is 59.5 Å². The number of piperidine rings is 1. The summed E-state index contributed by atoms with van der Waals surface area (Å²) in [5, 5.41) is 3.42. The van der Waals surface area contributed by atoms with Gasteiger partial charge in [0.25, 0.3) is 10.1 Å². The number of nitrogens with zero attached hydrogens (tertiary/aromatic N) is 1. The summed E-state index contributed by atoms with van der Waals surface area (Å²) in [6.07, 6.45) is 7.73. The van der Waals surface area contributed by atoms with Crippen molar-refractivity contribution >= 4 is 16.0 Å². The maximum absolute atomic E-state index is 13.3. The van der Waals surface area contributed by atoms with E-state index in [0.717, 1.165) is 51.0 Å². The van der Waals surface area contributed by atoms with Crippen LogP contribution in [0.4, 0.5) is 0 Å². The third kappa shape index (κ3) is 7.39. The first-order chi connectivity index (χ1) is 15.8. The molecule has 6 nitrogen and oxygen atoms in total. The molecular formula is C26H36N2O4S. The summed E-state index contributed by atoms with van der Waals surface area (Å²) in [7, 11) is -4.02. The molecule has 2 saturated heterocycles. The lowest BCUT2D eigenvalue weighted by Crippen LogP contribution is -2.50. The van der Waals surface area contributed by atoms with Gasteiger partial charge in [0.05, 0.1) is 10.3 Å². The second-order valence-electron chi connectivity index (χ2n) is 9.19. The molecule has 33 heavy (non-hydrogen) atoms. The fourth-order valence-electron chi connectivity index (χ4n) is 4.68. The molecule has 180 valence electrons. The zero-order chi connectivity index (χ0) is 23.7. The van der Waals surface area contributed by atoms with Crippen molar-refractivity contribution in [3.63, 3.8) is 0 Å². The molecule has 0 saturated carbocycles. The van der Waals surface area contributed by atoms with Crippen molar-refractivity contribution < 1.29 is 17.8 Å². The molecule has 2 fully saturated rings. The zero-order valence-electron chi connectivity index (χ0n) is 19.5. The van der Waals surface area contributed by atoms with Crippen LogP contribution >= 0.6 is 0 Å². The van der Waals surface area contributed by atoms with E-state index in [1.165, 1.54) is 43.4 Å². The van der Waals surface area contributed by atoms with Gasteiger partial charge in [-0.2, -0.15) is 8.42 Å². The third-order valence-electron chi connectivity index (χ3n) is 6.61. The fourth-order valence-corrected chi connectivity index (χ4v) is 5.16. The van der Waals surface area contributed by atoms with Gasteiger partial charge in [0.1, 0.15) is 0 Å². The Balaban J connectivity index is 0.000000235. The van der Waals surface area contributed by atoms with Crippen molar-refractivity contribution in [1.82, 2.24) is 10.2 Å². The molecule has 4 rings (SSSR count). The van der Waals surface area contributed by atoms with E-state index in [2.05, 4.69) is 40.5 Å². The van der Waals surface area contributed by atoms with Gasteiger partial charge in [-0.25, -0.2) is 0 Å². The maximum Gasteiger partial charge on any atom is 0.294 e. The van der Waals surface area contributed by atoms with E-state index >= 15 is 0 Å². The molecule has 0 unspecified atom stereocenters. The first kappa shape index (κ1) is 25.4. The second-order valence-corrected chi connectivity index (χ2v) is 10.6. The van der Waals surface area contributed by atoms with Crippen molar-refractivity contribution in [2.24, 2.45) is 5.41 Å². The number of carbonyl (C=O) groups is 1. The number of hydrogen-bond acceptors (Lipinski definition) is 4. The fraction of sp³-hybridized carbons (Fsp3) is 0.500. The molecule has 0 bridgehead atoms. The van der Waals surface area contributed by atoms with Crippen LogP contribution in [0.5, 0.6) is 0 Å². The molecular weight excluding hydrogens is 436 g/mol. The van der Waals surface area contributed by atoms with E-state index in [4.69, 9.17) is 4.55 Å². The van der Waals surface area contributed by atoms with Crippen molar-refractivity contribution in [2.75, 3.05) is 26.2 Å². The molecule has 1 amide bonds. The first-order valence-corrected chi connectivity index (χ1v) is 13.3. The van der Waals surface area contributed by atoms with Gasteiger partial charge in [-0.15, -0.1) is 0 Å². The van der Waals surface area contributed by atoms with Crippen LogP contribution in [0.3, 0.4) is 0 Å². The molecule has 7 heteroatoms. The summed E-state index contributed by atoms with van der Waals surface area (Å²) in [4.78, 5) is 15.4. The van der Waals surface area contributed by atoms with Gasteiger partial charge in [-0.1, -0.05) is 60.9 Å². The van der Waals surface area contributed by atoms with E-state index in [9.17, 15) is 13.2 Å². The van der Waals surface area contributed by atoms with Crippen LogP contribution in [0, 0.1) is 12.3 Å². The van der Waals surface area contributed by atoms with Crippen LogP contribution in [0.2, 0.25) is 0 Å². The highest BCUT2D eigenvalue weighted by Crippen LogP contribution is 2.36. The minimum absolute atomic E-state index is 0.0666. The summed E-state index contributed by atoms with van der Waals surface area (Å²) in [6, 6.07) is 16.5. The first-order valence-electron chi connectivity index (χ1n) is 11.9. The summed E-state index contributed by atoms with van der Waals surface area (Å²) in [5.74, 6) is 0.416. The topological polar surface area (TPSA) is 86.7 Å². The lowest BCUT2D eigenvalue weighted by Gasteiger charge is -2.40. The predicted octanol–water partition coefficient (Wildman–Crippen LogP) is 4.24. The van der Waals surface area contributed by atoms with Crippen molar-refractivity contribution in [1.29, 1.82) is 0 Å². The Morgan fingerprint density at radius 3 is 2.06 bits per heavy atom. The SMILES string of the molecule is Cc1ccc(S(=O)(=O)O)cc1.O=C(N1CCCCCC1)C1(Cc2ccccc2)CCNCC1. The molecule has 2 aliphatic heterocycles. The number of carbonyl (C=O) groups excluding carboxylic acids is 1. The number of benzene rings is 2. The molecule has 2 aromatic carbocycles. The van der Waals surface area contributed by atoms with Gasteiger partial charge >= 0.3 is 0 Å². The van der Waals surface area contributed by atoms with Gasteiger partial charge in [-0.05, 0) is 69.8 Å². The molecule has 2 aromatic rings. The smallest absolute Gasteiger partial charge is 0.294 e. The zero-order valence-corrected chi connectivity index (χ0v) is 20.3. The number of rotatable bonds is 4. The van der Waals surface area contributed by atoms with Gasteiger partial charge in [0, 0.05) is 13.1 Å². The van der Waals surface area contributed by atoms with Gasteiger partial charge in [-0.3, -0.25) is 9.35 Å². The molecule has 2 heterocycles. The Kier molecular flexibility index (Phi) is 9.06. The highest BCUT2D eigenvalue weighted by Gasteiger charge is 2.42. The summed E-state index contributed by atoms with van der Waals surface area (Å²) < 4.78 is 29.6. The molecule has 0 atom stereocenters. The van der Waals surface area contributed by atoms with Crippen molar-refractivity contribution in [3.05, 3.63) is 65.7 Å². The van der Waals surface area contributed by atoms with E-state index in [1.807, 2.05) is 6.92 Å². The number of hydrogen-bond donors (Lipinski definition) is 2. The molecule has 2 N–H and O–H groups in total. The van der Waals surface area contributed by atoms with Crippen molar-refractivity contribution in [3.8, 4) is 0 Å². The summed E-state index contributed by atoms with van der Waals surface area (Å²) in [6.45, 7) is 5.69. The number of aryl methyl sites for hydroxylation is 1. The van der Waals surface area contributed by atoms with Gasteiger partial charge in [0.2, 0.25) is 5.91 Å². The van der Waals surface area contributed by atoms with Crippen LogP contribution in [-0.2, 0) is 21.3 Å². The molecule has 2 aliphatic rings. The molecule has 0 aliphatic carbocycles. The van der Waals surface area contributed by atoms with Crippen LogP contribution in [-0.4, -0.2) is 50.0 Å². The van der Waals surface area contributed by atoms with Crippen molar-refractivity contribution in [2.45, 2.75) is 56.8 Å². The van der Waals surface area contributed by atoms with Crippen LogP contribution in [0.1, 0.15) is 49.7 Å². The van der Waals surface area contributed by atoms with Crippen LogP contribution < -0.4 is 5.32 Å². The lowest BCUT2D eigenvalue weighted by molar-refractivity contribution is -0.143. The molecule has 0 radical (unpaired) electrons. The Labute approximate surface area is 198 Å². The van der Waals surface area contributed by atoms with Crippen LogP contribution in [0.25, 0.3) is 0 Å². The largest absolute Gasteiger partial charge is 0.342 e. The Hall–Kier alpha value is -2.22. The van der Waals surface area contributed by atoms with E-state index < -0.39 is 10.1 Å². The van der Waals surface area contributed by atoms with E-state index in [-0.39, 0.29) is 10.3 Å². The highest BCUT2D eigenvalue weighted by molar-refractivity contribution is 7.85. The summed E-state index contributed by atoms with van der Waals surface area (Å²) >= 11 is 0. The average Bonchev–Trinajstić information content (AvgIpc) is 3.10. The van der Waals surface area contributed by atoms with E-state index in [1.54, 1.807) is 12.1 Å². The molecule has 0 spiro atoms. The average molecular weight is 473 g/mol. The number of nitrogens with one attached hydrogen (secondary N) is 1. The lowest BCUT2D eigenvalue weighted by atomic mass is 9.73. The summed E-state index contributed by atoms with van der Waals surface area (Å²) in [5.41, 5.74) is 2.07. The van der Waals surface area contributed by atoms with E-state index in [0.29, 0.717) is 5.91 Å². The maximum atomic E-state index is 13.3. The number of likely N-dealkylation sites (tertiary alicyclic amines) is 1. The minimum Gasteiger partial charge on any atom is -0.342 e. The standard InChI is InChI=1S/C19H28N2O.C7H8O3S/c22-18(21-14-6-1-2-7-15-21)19(10-12-20-13-11-19)16-17-8-4-3-5-9-17;1-6-2-4-7(5-3-6)11(8,9)10/h3-5,8-9,20H,1-2,6-7,10-16H2;2-5H,1H3,(H,8,9,10). The normalized spacial score (nSPS) is 18.5. The van der Waals surface area contributed by atoms with Gasteiger partial charge < -0.3 is 10.2 Å². The minimum atomic E-state index is -4.02. The Morgan fingerprint density at radius 1 is 0.939 bits per heavy atom. The Bertz CT molecular complexity index is 977. The second kappa shape index (κ2) is 11.8. The number of amides is 1. The third-order valence-corrected chi connectivity index (χ3v) is 7.48. The highest BCUT2D eigenvalue weighted by atomic mass is 32.2. The Morgan fingerprint density at radius 2 is 1.52 bits per heavy atom. The van der Waals surface area contributed by atoms with Gasteiger partial charge in [0.15, 0.2) is 0 Å². The predicted molar refractivity (Wildman–Crippen MR) is 131 cm³/mol. The monoisotopic (exact) mass is 472 g/mol. The molecule has 0 aromatic heterocycles.